The summed E-state index contributed by atoms with van der Waals surface area (Å²) in [5, 5.41) is 15.6. The Bertz CT molecular complexity index is 819. The average Bonchev–Trinajstić information content (AvgIpc) is 3.14. The van der Waals surface area contributed by atoms with E-state index in [0.29, 0.717) is 17.9 Å². The van der Waals surface area contributed by atoms with Gasteiger partial charge in [-0.3, -0.25) is 0 Å². The van der Waals surface area contributed by atoms with Gasteiger partial charge in [-0.1, -0.05) is 19.9 Å². The molecule has 8 heteroatoms. The summed E-state index contributed by atoms with van der Waals surface area (Å²) in [7, 11) is 5.66. The standard InChI is InChI=1S/C18H26FNO2.C4H4O4/c1-17(2)10-12-6-7-14(19)16(21-5)15(12)18(17)9-8-13(22-18)11-20(3)4;5-3(6)1-2-4(7)8/h6-7,13H,8-11H2,1-5H3;1-2H,(H,5,6)(H,7,8). The fraction of sp³-hybridized carbons (Fsp3) is 0.545. The Morgan fingerprint density at radius 3 is 2.37 bits per heavy atom. The van der Waals surface area contributed by atoms with Crippen LogP contribution in [0.5, 0.6) is 5.75 Å². The lowest BCUT2D eigenvalue weighted by Crippen LogP contribution is -2.40. The highest BCUT2D eigenvalue weighted by Crippen LogP contribution is 2.61. The summed E-state index contributed by atoms with van der Waals surface area (Å²) < 4.78 is 26.2. The Morgan fingerprint density at radius 2 is 1.87 bits per heavy atom. The number of aliphatic carboxylic acids is 2. The van der Waals surface area contributed by atoms with Gasteiger partial charge in [-0.05, 0) is 45.0 Å². The van der Waals surface area contributed by atoms with Gasteiger partial charge in [-0.15, -0.1) is 0 Å². The van der Waals surface area contributed by atoms with Crippen LogP contribution in [0.1, 0.15) is 37.8 Å². The highest BCUT2D eigenvalue weighted by atomic mass is 19.1. The zero-order valence-electron chi connectivity index (χ0n) is 18.1. The predicted octanol–water partition coefficient (Wildman–Crippen LogP) is 3.06. The molecule has 166 valence electrons. The molecule has 0 amide bonds. The summed E-state index contributed by atoms with van der Waals surface area (Å²) in [5.74, 6) is -2.44. The number of likely N-dealkylation sites (N-methyl/N-ethyl adjacent to an activating group) is 1. The fourth-order valence-electron chi connectivity index (χ4n) is 4.47. The highest BCUT2D eigenvalue weighted by molar-refractivity contribution is 5.89. The van der Waals surface area contributed by atoms with Crippen molar-refractivity contribution in [3.63, 3.8) is 0 Å². The molecule has 1 aliphatic carbocycles. The first-order valence-electron chi connectivity index (χ1n) is 9.76. The van der Waals surface area contributed by atoms with Crippen LogP contribution in [0.2, 0.25) is 0 Å². The first kappa shape index (κ1) is 23.8. The number of methoxy groups -OCH3 is 1. The Morgan fingerprint density at radius 1 is 1.27 bits per heavy atom. The Hall–Kier alpha value is -2.45. The van der Waals surface area contributed by atoms with Crippen LogP contribution < -0.4 is 4.74 Å². The molecule has 1 fully saturated rings. The Labute approximate surface area is 176 Å². The van der Waals surface area contributed by atoms with Gasteiger partial charge in [0.1, 0.15) is 5.60 Å². The maximum Gasteiger partial charge on any atom is 0.328 e. The molecule has 1 saturated heterocycles. The highest BCUT2D eigenvalue weighted by Gasteiger charge is 2.58. The van der Waals surface area contributed by atoms with E-state index >= 15 is 0 Å². The third-order valence-electron chi connectivity index (χ3n) is 5.65. The van der Waals surface area contributed by atoms with Crippen molar-refractivity contribution in [1.82, 2.24) is 4.90 Å². The largest absolute Gasteiger partial charge is 0.493 e. The van der Waals surface area contributed by atoms with Crippen LogP contribution in [0.15, 0.2) is 24.3 Å². The van der Waals surface area contributed by atoms with Crippen LogP contribution in [0.25, 0.3) is 0 Å². The minimum Gasteiger partial charge on any atom is -0.493 e. The first-order valence-corrected chi connectivity index (χ1v) is 9.76. The molecule has 1 aliphatic heterocycles. The number of fused-ring (bicyclic) bond motifs is 2. The molecule has 1 aromatic carbocycles. The maximum absolute atomic E-state index is 14.3. The average molecular weight is 423 g/mol. The third-order valence-corrected chi connectivity index (χ3v) is 5.65. The lowest BCUT2D eigenvalue weighted by molar-refractivity contribution is -0.134. The summed E-state index contributed by atoms with van der Waals surface area (Å²) >= 11 is 0. The minimum absolute atomic E-state index is 0.0581. The molecule has 0 saturated carbocycles. The van der Waals surface area contributed by atoms with Crippen molar-refractivity contribution in [2.24, 2.45) is 5.41 Å². The molecule has 30 heavy (non-hydrogen) atoms. The quantitative estimate of drug-likeness (QED) is 0.703. The number of carboxylic acid groups (broad SMARTS) is 2. The predicted molar refractivity (Wildman–Crippen MR) is 109 cm³/mol. The minimum atomic E-state index is -1.26. The second-order valence-corrected chi connectivity index (χ2v) is 8.55. The summed E-state index contributed by atoms with van der Waals surface area (Å²) in [6.45, 7) is 5.34. The summed E-state index contributed by atoms with van der Waals surface area (Å²) in [6.07, 6.45) is 4.12. The van der Waals surface area contributed by atoms with Crippen molar-refractivity contribution in [3.8, 4) is 5.75 Å². The van der Waals surface area contributed by atoms with Crippen molar-refractivity contribution in [3.05, 3.63) is 41.2 Å². The monoisotopic (exact) mass is 423 g/mol. The van der Waals surface area contributed by atoms with E-state index in [4.69, 9.17) is 19.7 Å². The number of ether oxygens (including phenoxy) is 2. The van der Waals surface area contributed by atoms with Crippen LogP contribution in [-0.4, -0.2) is 60.9 Å². The smallest absolute Gasteiger partial charge is 0.328 e. The second kappa shape index (κ2) is 9.14. The fourth-order valence-corrected chi connectivity index (χ4v) is 4.47. The third kappa shape index (κ3) is 4.82. The lowest BCUT2D eigenvalue weighted by atomic mass is 9.73. The van der Waals surface area contributed by atoms with Gasteiger partial charge < -0.3 is 24.6 Å². The zero-order chi connectivity index (χ0) is 22.7. The Balaban J connectivity index is 0.000000343. The number of hydrogen-bond donors (Lipinski definition) is 2. The van der Waals surface area contributed by atoms with Gasteiger partial charge in [-0.2, -0.15) is 0 Å². The van der Waals surface area contributed by atoms with E-state index in [-0.39, 0.29) is 17.3 Å². The van der Waals surface area contributed by atoms with E-state index in [1.165, 1.54) is 6.07 Å². The van der Waals surface area contributed by atoms with Gasteiger partial charge >= 0.3 is 11.9 Å². The van der Waals surface area contributed by atoms with Crippen LogP contribution in [-0.2, 0) is 26.3 Å². The van der Waals surface area contributed by atoms with Gasteiger partial charge in [0.05, 0.1) is 13.2 Å². The van der Waals surface area contributed by atoms with Crippen molar-refractivity contribution in [2.75, 3.05) is 27.7 Å². The molecule has 7 nitrogen and oxygen atoms in total. The van der Waals surface area contributed by atoms with E-state index in [1.54, 1.807) is 7.11 Å². The maximum atomic E-state index is 14.3. The lowest BCUT2D eigenvalue weighted by Gasteiger charge is -2.39. The van der Waals surface area contributed by atoms with Gasteiger partial charge in [0.2, 0.25) is 0 Å². The molecule has 2 unspecified atom stereocenters. The molecule has 0 bridgehead atoms. The van der Waals surface area contributed by atoms with Crippen molar-refractivity contribution >= 4 is 11.9 Å². The van der Waals surface area contributed by atoms with Gasteiger partial charge in [0.25, 0.3) is 0 Å². The van der Waals surface area contributed by atoms with Crippen LogP contribution in [0.4, 0.5) is 4.39 Å². The summed E-state index contributed by atoms with van der Waals surface area (Å²) in [5.41, 5.74) is 1.61. The molecular formula is C22H30FNO6. The summed E-state index contributed by atoms with van der Waals surface area (Å²) in [4.78, 5) is 21.3. The van der Waals surface area contributed by atoms with E-state index < -0.39 is 17.5 Å². The normalized spacial score (nSPS) is 24.0. The SMILES string of the molecule is COc1c(F)ccc2c1C1(CCC(CN(C)C)O1)C(C)(C)C2.O=C(O)C=CC(=O)O. The van der Waals surface area contributed by atoms with Crippen LogP contribution >= 0.6 is 0 Å². The van der Waals surface area contributed by atoms with E-state index in [1.807, 2.05) is 6.07 Å². The molecule has 1 spiro atoms. The topological polar surface area (TPSA) is 96.3 Å². The first-order chi connectivity index (χ1) is 13.9. The van der Waals surface area contributed by atoms with E-state index in [9.17, 15) is 14.0 Å². The molecular weight excluding hydrogens is 393 g/mol. The number of rotatable bonds is 5. The molecule has 0 aromatic heterocycles. The molecule has 2 atom stereocenters. The van der Waals surface area contributed by atoms with Crippen molar-refractivity contribution in [1.29, 1.82) is 0 Å². The van der Waals surface area contributed by atoms with E-state index in [2.05, 4.69) is 32.8 Å². The number of benzene rings is 1. The second-order valence-electron chi connectivity index (χ2n) is 8.55. The molecule has 2 aliphatic rings. The van der Waals surface area contributed by atoms with Crippen molar-refractivity contribution in [2.45, 2.75) is 44.8 Å². The Kier molecular flexibility index (Phi) is 7.26. The molecule has 2 N–H and O–H groups in total. The number of carboxylic acids is 2. The van der Waals surface area contributed by atoms with Gasteiger partial charge in [-0.25, -0.2) is 14.0 Å². The summed E-state index contributed by atoms with van der Waals surface area (Å²) in [6, 6.07) is 3.41. The number of carbonyl (C=O) groups is 2. The molecule has 0 radical (unpaired) electrons. The number of hydrogen-bond acceptors (Lipinski definition) is 5. The number of halogens is 1. The van der Waals surface area contributed by atoms with Crippen molar-refractivity contribution < 1.29 is 33.7 Å². The van der Waals surface area contributed by atoms with E-state index in [0.717, 1.165) is 36.9 Å². The van der Waals surface area contributed by atoms with Gasteiger partial charge in [0.15, 0.2) is 11.6 Å². The molecule has 1 aromatic rings. The number of nitrogens with zero attached hydrogens (tertiary/aromatic N) is 1. The zero-order valence-corrected chi connectivity index (χ0v) is 18.1. The van der Waals surface area contributed by atoms with Crippen LogP contribution in [0.3, 0.4) is 0 Å². The van der Waals surface area contributed by atoms with Gasteiger partial charge in [0, 0.05) is 29.7 Å². The van der Waals surface area contributed by atoms with Crippen LogP contribution in [0, 0.1) is 11.2 Å². The molecule has 1 heterocycles. The molecule has 3 rings (SSSR count).